The number of carbonyl (C=O) groups is 2. The number of nitrogens with one attached hydrogen (secondary N) is 2. The lowest BCUT2D eigenvalue weighted by molar-refractivity contribution is -0.139. The van der Waals surface area contributed by atoms with Crippen molar-refractivity contribution < 1.29 is 19.4 Å². The van der Waals surface area contributed by atoms with Crippen LogP contribution in [0.15, 0.2) is 0 Å². The van der Waals surface area contributed by atoms with Crippen LogP contribution in [0, 0.1) is 0 Å². The Balaban J connectivity index is 4.00. The van der Waals surface area contributed by atoms with Gasteiger partial charge in [-0.15, -0.1) is 0 Å². The number of amides is 2. The van der Waals surface area contributed by atoms with Gasteiger partial charge in [0.15, 0.2) is 0 Å². The molecule has 3 N–H and O–H groups in total. The topological polar surface area (TPSA) is 90.9 Å². The summed E-state index contributed by atoms with van der Waals surface area (Å²) in [5.74, 6) is -0.950. The van der Waals surface area contributed by atoms with Crippen LogP contribution >= 0.6 is 0 Å². The van der Waals surface area contributed by atoms with Crippen molar-refractivity contribution in [2.75, 3.05) is 33.3 Å². The van der Waals surface area contributed by atoms with Crippen molar-refractivity contribution in [2.24, 2.45) is 0 Å². The molecule has 2 atom stereocenters. The maximum Gasteiger partial charge on any atom is 0.315 e. The smallest absolute Gasteiger partial charge is 0.315 e. The third kappa shape index (κ3) is 8.71. The molecule has 0 aromatic rings. The van der Waals surface area contributed by atoms with Crippen LogP contribution in [0.25, 0.3) is 0 Å². The summed E-state index contributed by atoms with van der Waals surface area (Å²) in [7, 11) is 1.43. The van der Waals surface area contributed by atoms with Crippen LogP contribution in [0.3, 0.4) is 0 Å². The van der Waals surface area contributed by atoms with Gasteiger partial charge in [0.25, 0.3) is 0 Å². The number of hydrogen-bond donors (Lipinski definition) is 3. The maximum atomic E-state index is 11.7. The van der Waals surface area contributed by atoms with Gasteiger partial charge in [0, 0.05) is 26.2 Å². The lowest BCUT2D eigenvalue weighted by Gasteiger charge is -2.23. The highest BCUT2D eigenvalue weighted by molar-refractivity contribution is 5.74. The van der Waals surface area contributed by atoms with Gasteiger partial charge < -0.3 is 25.4 Å². The van der Waals surface area contributed by atoms with Crippen molar-refractivity contribution in [3.8, 4) is 0 Å². The highest BCUT2D eigenvalue weighted by Crippen LogP contribution is 1.96. The summed E-state index contributed by atoms with van der Waals surface area (Å²) in [6.07, 6.45) is -0.650. The van der Waals surface area contributed by atoms with Gasteiger partial charge in [-0.05, 0) is 20.0 Å². The van der Waals surface area contributed by atoms with Gasteiger partial charge in [-0.3, -0.25) is 4.79 Å². The van der Waals surface area contributed by atoms with Gasteiger partial charge in [-0.1, -0.05) is 13.8 Å². The Labute approximate surface area is 120 Å². The standard InChI is InChI=1S/C13H27N3O4/c1-5-16(6-2)9-10(3)15-13(19)14-8-11(20-4)7-12(17)18/h10-11H,5-9H2,1-4H3,(H,17,18)(H2,14,15,19). The monoisotopic (exact) mass is 289 g/mol. The molecule has 7 heteroatoms. The Morgan fingerprint density at radius 3 is 2.35 bits per heavy atom. The summed E-state index contributed by atoms with van der Waals surface area (Å²) in [6, 6.07) is -0.285. The fraction of sp³-hybridized carbons (Fsp3) is 0.846. The molecule has 0 bridgehead atoms. The fourth-order valence-electron chi connectivity index (χ4n) is 1.83. The van der Waals surface area contributed by atoms with E-state index in [2.05, 4.69) is 29.4 Å². The van der Waals surface area contributed by atoms with Gasteiger partial charge in [0.05, 0.1) is 12.5 Å². The van der Waals surface area contributed by atoms with Gasteiger partial charge in [0.1, 0.15) is 0 Å². The summed E-state index contributed by atoms with van der Waals surface area (Å²) in [4.78, 5) is 24.5. The molecule has 7 nitrogen and oxygen atoms in total. The normalized spacial score (nSPS) is 13.8. The largest absolute Gasteiger partial charge is 0.481 e. The average molecular weight is 289 g/mol. The van der Waals surface area contributed by atoms with Crippen LogP contribution in [0.1, 0.15) is 27.2 Å². The number of likely N-dealkylation sites (N-methyl/N-ethyl adjacent to an activating group) is 1. The quantitative estimate of drug-likeness (QED) is 0.545. The molecule has 0 aromatic carbocycles. The SMILES string of the molecule is CCN(CC)CC(C)NC(=O)NCC(CC(=O)O)OC. The first kappa shape index (κ1) is 18.7. The fourth-order valence-corrected chi connectivity index (χ4v) is 1.83. The number of methoxy groups -OCH3 is 1. The molecule has 0 fully saturated rings. The zero-order chi connectivity index (χ0) is 15.5. The van der Waals surface area contributed by atoms with E-state index in [0.29, 0.717) is 0 Å². The molecule has 0 radical (unpaired) electrons. The van der Waals surface area contributed by atoms with E-state index in [4.69, 9.17) is 9.84 Å². The Kier molecular flexibility index (Phi) is 9.75. The molecular formula is C13H27N3O4. The molecule has 118 valence electrons. The highest BCUT2D eigenvalue weighted by Gasteiger charge is 2.15. The van der Waals surface area contributed by atoms with Crippen molar-refractivity contribution in [3.05, 3.63) is 0 Å². The molecule has 0 saturated heterocycles. The summed E-state index contributed by atoms with van der Waals surface area (Å²) >= 11 is 0. The molecule has 0 rings (SSSR count). The molecule has 2 amide bonds. The molecule has 0 heterocycles. The number of hydrogen-bond acceptors (Lipinski definition) is 4. The van der Waals surface area contributed by atoms with Crippen LogP contribution in [0.4, 0.5) is 4.79 Å². The summed E-state index contributed by atoms with van der Waals surface area (Å²) in [5, 5.41) is 14.1. The van der Waals surface area contributed by atoms with E-state index in [1.807, 2.05) is 6.92 Å². The van der Waals surface area contributed by atoms with Crippen LogP contribution in [0.2, 0.25) is 0 Å². The number of urea groups is 1. The third-order valence-corrected chi connectivity index (χ3v) is 3.03. The van der Waals surface area contributed by atoms with E-state index in [-0.39, 0.29) is 25.0 Å². The van der Waals surface area contributed by atoms with Crippen molar-refractivity contribution in [1.29, 1.82) is 0 Å². The van der Waals surface area contributed by atoms with E-state index in [1.54, 1.807) is 0 Å². The molecule has 0 saturated carbocycles. The van der Waals surface area contributed by atoms with Crippen molar-refractivity contribution in [3.63, 3.8) is 0 Å². The summed E-state index contributed by atoms with van der Waals surface area (Å²) in [6.45, 7) is 8.92. The van der Waals surface area contributed by atoms with E-state index >= 15 is 0 Å². The van der Waals surface area contributed by atoms with Crippen molar-refractivity contribution in [1.82, 2.24) is 15.5 Å². The third-order valence-electron chi connectivity index (χ3n) is 3.03. The van der Waals surface area contributed by atoms with Crippen LogP contribution in [-0.2, 0) is 9.53 Å². The highest BCUT2D eigenvalue weighted by atomic mass is 16.5. The maximum absolute atomic E-state index is 11.7. The molecule has 0 aromatic heterocycles. The molecule has 0 spiro atoms. The molecule has 2 unspecified atom stereocenters. The zero-order valence-electron chi connectivity index (χ0n) is 12.8. The predicted octanol–water partition coefficient (Wildman–Crippen LogP) is 0.506. The zero-order valence-corrected chi connectivity index (χ0v) is 12.8. The first-order valence-electron chi connectivity index (χ1n) is 6.94. The molecular weight excluding hydrogens is 262 g/mol. The number of carboxylic acids is 1. The van der Waals surface area contributed by atoms with Gasteiger partial charge in [-0.25, -0.2) is 4.79 Å². The molecule has 0 aliphatic carbocycles. The van der Waals surface area contributed by atoms with Crippen LogP contribution in [0.5, 0.6) is 0 Å². The van der Waals surface area contributed by atoms with Gasteiger partial charge >= 0.3 is 12.0 Å². The average Bonchev–Trinajstić information content (AvgIpc) is 2.40. The number of carbonyl (C=O) groups excluding carboxylic acids is 1. The first-order valence-corrected chi connectivity index (χ1v) is 6.94. The van der Waals surface area contributed by atoms with Crippen molar-refractivity contribution >= 4 is 12.0 Å². The lowest BCUT2D eigenvalue weighted by Crippen LogP contribution is -2.47. The first-order chi connectivity index (χ1) is 9.42. The second-order valence-electron chi connectivity index (χ2n) is 4.70. The van der Waals surface area contributed by atoms with Gasteiger partial charge in [-0.2, -0.15) is 0 Å². The van der Waals surface area contributed by atoms with Crippen LogP contribution in [-0.4, -0.2) is 67.4 Å². The Hall–Kier alpha value is -1.34. The second-order valence-corrected chi connectivity index (χ2v) is 4.70. The summed E-state index contributed by atoms with van der Waals surface area (Å²) < 4.78 is 4.98. The van der Waals surface area contributed by atoms with E-state index in [1.165, 1.54) is 7.11 Å². The minimum atomic E-state index is -0.950. The minimum absolute atomic E-state index is 0.0235. The Bertz CT molecular complexity index is 295. The number of aliphatic carboxylic acids is 1. The molecule has 0 aliphatic heterocycles. The number of carboxylic acid groups (broad SMARTS) is 1. The van der Waals surface area contributed by atoms with E-state index in [0.717, 1.165) is 19.6 Å². The van der Waals surface area contributed by atoms with Gasteiger partial charge in [0.2, 0.25) is 0 Å². The summed E-state index contributed by atoms with van der Waals surface area (Å²) in [5.41, 5.74) is 0. The lowest BCUT2D eigenvalue weighted by atomic mass is 10.2. The molecule has 20 heavy (non-hydrogen) atoms. The Morgan fingerprint density at radius 2 is 1.90 bits per heavy atom. The second kappa shape index (κ2) is 10.4. The van der Waals surface area contributed by atoms with E-state index in [9.17, 15) is 9.59 Å². The number of nitrogens with zero attached hydrogens (tertiary/aromatic N) is 1. The number of rotatable bonds is 10. The van der Waals surface area contributed by atoms with E-state index < -0.39 is 12.1 Å². The van der Waals surface area contributed by atoms with Crippen LogP contribution < -0.4 is 10.6 Å². The number of ether oxygens (including phenoxy) is 1. The van der Waals surface area contributed by atoms with Crippen molar-refractivity contribution in [2.45, 2.75) is 39.3 Å². The minimum Gasteiger partial charge on any atom is -0.481 e. The molecule has 0 aliphatic rings. The predicted molar refractivity (Wildman–Crippen MR) is 76.8 cm³/mol. The Morgan fingerprint density at radius 1 is 1.30 bits per heavy atom.